The molecule has 0 fully saturated rings. The maximum absolute atomic E-state index is 10.4. The zero-order valence-corrected chi connectivity index (χ0v) is 11.0. The van der Waals surface area contributed by atoms with Crippen LogP contribution in [0.3, 0.4) is 0 Å². The summed E-state index contributed by atoms with van der Waals surface area (Å²) in [6, 6.07) is 6.87. The van der Waals surface area contributed by atoms with Crippen molar-refractivity contribution >= 4 is 17.3 Å². The van der Waals surface area contributed by atoms with E-state index in [9.17, 15) is 9.90 Å². The molecule has 1 aromatic heterocycles. The fraction of sp³-hybridized carbons (Fsp3) is 0.231. The van der Waals surface area contributed by atoms with Crippen LogP contribution in [0.15, 0.2) is 29.6 Å². The molecule has 2 aromatic rings. The Morgan fingerprint density at radius 2 is 2.05 bits per heavy atom. The molecule has 6 heteroatoms. The molecule has 5 nitrogen and oxygen atoms in total. The molecule has 0 radical (unpaired) electrons. The number of carboxylic acids is 1. The van der Waals surface area contributed by atoms with Crippen LogP contribution in [0, 0.1) is 0 Å². The molecule has 100 valence electrons. The smallest absolute Gasteiger partial charge is 0.304 e. The van der Waals surface area contributed by atoms with Crippen LogP contribution in [0.4, 0.5) is 0 Å². The van der Waals surface area contributed by atoms with Crippen molar-refractivity contribution in [3.8, 4) is 17.0 Å². The number of aliphatic carboxylic acids is 1. The number of nitrogens with one attached hydrogen (secondary N) is 1. The predicted octanol–water partition coefficient (Wildman–Crippen LogP) is 2.08. The molecule has 0 bridgehead atoms. The zero-order valence-electron chi connectivity index (χ0n) is 10.2. The average Bonchev–Trinajstić information content (AvgIpc) is 2.84. The van der Waals surface area contributed by atoms with Gasteiger partial charge in [-0.1, -0.05) is 0 Å². The molecule has 0 saturated heterocycles. The molecule has 0 atom stereocenters. The molecule has 3 N–H and O–H groups in total. The van der Waals surface area contributed by atoms with Crippen molar-refractivity contribution in [3.05, 3.63) is 34.7 Å². The number of rotatable bonds is 6. The minimum atomic E-state index is -0.809. The van der Waals surface area contributed by atoms with Crippen molar-refractivity contribution in [3.63, 3.8) is 0 Å². The van der Waals surface area contributed by atoms with E-state index in [2.05, 4.69) is 10.3 Å². The second kappa shape index (κ2) is 6.31. The Bertz CT molecular complexity index is 551. The van der Waals surface area contributed by atoms with Gasteiger partial charge in [-0.05, 0) is 24.3 Å². The zero-order chi connectivity index (χ0) is 13.7. The number of aromatic nitrogens is 1. The van der Waals surface area contributed by atoms with Crippen LogP contribution in [0.2, 0.25) is 0 Å². The number of aromatic hydroxyl groups is 1. The molecule has 0 spiro atoms. The third-order valence-electron chi connectivity index (χ3n) is 2.51. The summed E-state index contributed by atoms with van der Waals surface area (Å²) in [5.41, 5.74) is 1.81. The van der Waals surface area contributed by atoms with E-state index < -0.39 is 5.97 Å². The molecule has 0 amide bonds. The van der Waals surface area contributed by atoms with E-state index in [1.165, 1.54) is 11.3 Å². The predicted molar refractivity (Wildman–Crippen MR) is 73.2 cm³/mol. The number of benzene rings is 1. The van der Waals surface area contributed by atoms with Gasteiger partial charge in [0.25, 0.3) is 0 Å². The highest BCUT2D eigenvalue weighted by Gasteiger charge is 2.04. The minimum Gasteiger partial charge on any atom is -0.508 e. The molecular weight excluding hydrogens is 264 g/mol. The van der Waals surface area contributed by atoms with Gasteiger partial charge in [0.1, 0.15) is 10.8 Å². The van der Waals surface area contributed by atoms with Gasteiger partial charge in [0.2, 0.25) is 0 Å². The van der Waals surface area contributed by atoms with Crippen LogP contribution in [0.25, 0.3) is 11.3 Å². The number of hydrogen-bond acceptors (Lipinski definition) is 5. The molecule has 1 aromatic carbocycles. The fourth-order valence-electron chi connectivity index (χ4n) is 1.55. The normalized spacial score (nSPS) is 10.5. The lowest BCUT2D eigenvalue weighted by Gasteiger charge is -1.99. The van der Waals surface area contributed by atoms with Gasteiger partial charge < -0.3 is 15.5 Å². The van der Waals surface area contributed by atoms with Crippen LogP contribution in [-0.2, 0) is 11.3 Å². The molecular formula is C13H14N2O3S. The van der Waals surface area contributed by atoms with E-state index in [0.29, 0.717) is 13.1 Å². The van der Waals surface area contributed by atoms with Gasteiger partial charge in [0.05, 0.1) is 12.1 Å². The van der Waals surface area contributed by atoms with Crippen LogP contribution in [0.5, 0.6) is 5.75 Å². The van der Waals surface area contributed by atoms with Crippen molar-refractivity contribution in [1.29, 1.82) is 0 Å². The second-order valence-electron chi connectivity index (χ2n) is 3.99. The highest BCUT2D eigenvalue weighted by Crippen LogP contribution is 2.23. The standard InChI is InChI=1S/C13H14N2O3S/c16-10-3-1-9(2-4-10)11-8-19-12(15-11)7-14-6-5-13(17)18/h1-4,8,14,16H,5-7H2,(H,17,18). The summed E-state index contributed by atoms with van der Waals surface area (Å²) in [5, 5.41) is 23.6. The van der Waals surface area contributed by atoms with Crippen LogP contribution in [0.1, 0.15) is 11.4 Å². The van der Waals surface area contributed by atoms with E-state index in [4.69, 9.17) is 5.11 Å². The van der Waals surface area contributed by atoms with E-state index >= 15 is 0 Å². The van der Waals surface area contributed by atoms with Crippen LogP contribution < -0.4 is 5.32 Å². The number of phenols is 1. The van der Waals surface area contributed by atoms with Crippen molar-refractivity contribution in [2.75, 3.05) is 6.54 Å². The Hall–Kier alpha value is -1.92. The number of carbonyl (C=O) groups is 1. The van der Waals surface area contributed by atoms with Gasteiger partial charge in [0, 0.05) is 24.0 Å². The van der Waals surface area contributed by atoms with Gasteiger partial charge in [0.15, 0.2) is 0 Å². The Morgan fingerprint density at radius 1 is 1.32 bits per heavy atom. The third-order valence-corrected chi connectivity index (χ3v) is 3.36. The summed E-state index contributed by atoms with van der Waals surface area (Å²) in [4.78, 5) is 14.8. The molecule has 2 rings (SSSR count). The van der Waals surface area contributed by atoms with Crippen molar-refractivity contribution in [1.82, 2.24) is 10.3 Å². The summed E-state index contributed by atoms with van der Waals surface area (Å²) < 4.78 is 0. The van der Waals surface area contributed by atoms with Gasteiger partial charge in [-0.25, -0.2) is 4.98 Å². The van der Waals surface area contributed by atoms with Crippen molar-refractivity contribution in [2.45, 2.75) is 13.0 Å². The monoisotopic (exact) mass is 278 g/mol. The maximum Gasteiger partial charge on any atom is 0.304 e. The van der Waals surface area contributed by atoms with E-state index in [-0.39, 0.29) is 12.2 Å². The Labute approximate surface area is 114 Å². The molecule has 0 unspecified atom stereocenters. The van der Waals surface area contributed by atoms with E-state index in [1.54, 1.807) is 12.1 Å². The number of carboxylic acid groups (broad SMARTS) is 1. The Kier molecular flexibility index (Phi) is 4.48. The van der Waals surface area contributed by atoms with E-state index in [0.717, 1.165) is 16.3 Å². The first-order chi connectivity index (χ1) is 9.15. The molecule has 0 aliphatic rings. The molecule has 0 aliphatic heterocycles. The summed E-state index contributed by atoms with van der Waals surface area (Å²) >= 11 is 1.52. The van der Waals surface area contributed by atoms with Gasteiger partial charge >= 0.3 is 5.97 Å². The van der Waals surface area contributed by atoms with Crippen LogP contribution >= 0.6 is 11.3 Å². The quantitative estimate of drug-likeness (QED) is 0.705. The largest absolute Gasteiger partial charge is 0.508 e. The molecule has 1 heterocycles. The van der Waals surface area contributed by atoms with E-state index in [1.807, 2.05) is 17.5 Å². The first kappa shape index (κ1) is 13.5. The summed E-state index contributed by atoms with van der Waals surface area (Å²) in [7, 11) is 0. The molecule has 0 aliphatic carbocycles. The Balaban J connectivity index is 1.91. The van der Waals surface area contributed by atoms with Crippen LogP contribution in [-0.4, -0.2) is 27.7 Å². The lowest BCUT2D eigenvalue weighted by atomic mass is 10.2. The first-order valence-electron chi connectivity index (χ1n) is 5.81. The molecule has 19 heavy (non-hydrogen) atoms. The van der Waals surface area contributed by atoms with Crippen molar-refractivity contribution in [2.24, 2.45) is 0 Å². The second-order valence-corrected chi connectivity index (χ2v) is 4.94. The summed E-state index contributed by atoms with van der Waals surface area (Å²) in [6.07, 6.45) is 0.107. The summed E-state index contributed by atoms with van der Waals surface area (Å²) in [6.45, 7) is 0.999. The number of phenolic OH excluding ortho intramolecular Hbond substituents is 1. The first-order valence-corrected chi connectivity index (χ1v) is 6.69. The van der Waals surface area contributed by atoms with Gasteiger partial charge in [-0.2, -0.15) is 0 Å². The van der Waals surface area contributed by atoms with Gasteiger partial charge in [-0.15, -0.1) is 11.3 Å². The number of hydrogen-bond donors (Lipinski definition) is 3. The van der Waals surface area contributed by atoms with Crippen molar-refractivity contribution < 1.29 is 15.0 Å². The number of thiazole rings is 1. The highest BCUT2D eigenvalue weighted by atomic mass is 32.1. The lowest BCUT2D eigenvalue weighted by Crippen LogP contribution is -2.17. The summed E-state index contributed by atoms with van der Waals surface area (Å²) in [5.74, 6) is -0.578. The third kappa shape index (κ3) is 4.04. The fourth-order valence-corrected chi connectivity index (χ4v) is 2.32. The van der Waals surface area contributed by atoms with Gasteiger partial charge in [-0.3, -0.25) is 4.79 Å². The maximum atomic E-state index is 10.4. The highest BCUT2D eigenvalue weighted by molar-refractivity contribution is 7.09. The topological polar surface area (TPSA) is 82.5 Å². The lowest BCUT2D eigenvalue weighted by molar-refractivity contribution is -0.136. The Morgan fingerprint density at radius 3 is 2.74 bits per heavy atom. The SMILES string of the molecule is O=C(O)CCNCc1nc(-c2ccc(O)cc2)cs1. The number of nitrogens with zero attached hydrogens (tertiary/aromatic N) is 1. The average molecular weight is 278 g/mol. The minimum absolute atomic E-state index is 0.107. The molecule has 0 saturated carbocycles.